The number of benzene rings is 1. The summed E-state index contributed by atoms with van der Waals surface area (Å²) in [7, 11) is 1.45. The van der Waals surface area contributed by atoms with Gasteiger partial charge in [-0.3, -0.25) is 0 Å². The van der Waals surface area contributed by atoms with Crippen molar-refractivity contribution in [3.8, 4) is 0 Å². The second kappa shape index (κ2) is 7.06. The van der Waals surface area contributed by atoms with E-state index in [-0.39, 0.29) is 51.4 Å². The SMILES string of the molecule is CCc1ccc(N(C)C[B-](F)(F)F)cc1.[K+]. The van der Waals surface area contributed by atoms with Crippen molar-refractivity contribution in [1.82, 2.24) is 0 Å². The Hall–Kier alpha value is 0.511. The number of halogens is 3. The number of hydrogen-bond donors (Lipinski definition) is 0. The van der Waals surface area contributed by atoms with Crippen LogP contribution in [0.2, 0.25) is 0 Å². The molecule has 84 valence electrons. The fourth-order valence-electron chi connectivity index (χ4n) is 1.40. The summed E-state index contributed by atoms with van der Waals surface area (Å²) >= 11 is 0. The van der Waals surface area contributed by atoms with E-state index in [9.17, 15) is 12.9 Å². The molecule has 0 spiro atoms. The first-order chi connectivity index (χ1) is 6.92. The Labute approximate surface area is 137 Å². The molecule has 0 aliphatic rings. The molecule has 0 aliphatic carbocycles. The first-order valence-electron chi connectivity index (χ1n) is 4.93. The predicted octanol–water partition coefficient (Wildman–Crippen LogP) is 0.0758. The third-order valence-electron chi connectivity index (χ3n) is 2.27. The molecule has 16 heavy (non-hydrogen) atoms. The second-order valence-electron chi connectivity index (χ2n) is 3.61. The molecule has 1 nitrogen and oxygen atoms in total. The Morgan fingerprint density at radius 2 is 1.62 bits per heavy atom. The summed E-state index contributed by atoms with van der Waals surface area (Å²) in [4.78, 5) is 1.22. The summed E-state index contributed by atoms with van der Waals surface area (Å²) in [6.45, 7) is -2.75. The Kier molecular flexibility index (Phi) is 7.28. The van der Waals surface area contributed by atoms with E-state index in [1.807, 2.05) is 19.1 Å². The van der Waals surface area contributed by atoms with Gasteiger partial charge in [-0.15, -0.1) is 0 Å². The van der Waals surface area contributed by atoms with Gasteiger partial charge in [0.2, 0.25) is 0 Å². The number of rotatable bonds is 4. The molecule has 0 unspecified atom stereocenters. The van der Waals surface area contributed by atoms with Crippen LogP contribution in [0.1, 0.15) is 12.5 Å². The molecule has 0 saturated carbocycles. The van der Waals surface area contributed by atoms with Gasteiger partial charge in [0.1, 0.15) is 0 Å². The molecule has 1 rings (SSSR count). The van der Waals surface area contributed by atoms with Gasteiger partial charge in [-0.1, -0.05) is 19.1 Å². The molecule has 0 radical (unpaired) electrons. The third kappa shape index (κ3) is 5.72. The molecule has 1 aromatic carbocycles. The number of aryl methyl sites for hydroxylation is 1. The fourth-order valence-corrected chi connectivity index (χ4v) is 1.40. The maximum Gasteiger partial charge on any atom is 1.00 e. The van der Waals surface area contributed by atoms with Crippen molar-refractivity contribution in [3.63, 3.8) is 0 Å². The van der Waals surface area contributed by atoms with E-state index in [1.54, 1.807) is 12.1 Å². The summed E-state index contributed by atoms with van der Waals surface area (Å²) in [6, 6.07) is 7.16. The summed E-state index contributed by atoms with van der Waals surface area (Å²) in [5.74, 6) is 0. The minimum absolute atomic E-state index is 0. The molecule has 0 aromatic heterocycles. The second-order valence-corrected chi connectivity index (χ2v) is 3.61. The van der Waals surface area contributed by atoms with Gasteiger partial charge in [0.15, 0.2) is 0 Å². The van der Waals surface area contributed by atoms with Gasteiger partial charge in [-0.05, 0) is 30.6 Å². The Bertz CT molecular complexity index is 313. The monoisotopic (exact) mass is 255 g/mol. The maximum atomic E-state index is 12.2. The van der Waals surface area contributed by atoms with Gasteiger partial charge >= 0.3 is 58.4 Å². The quantitative estimate of drug-likeness (QED) is 0.688. The standard InChI is InChI=1S/C10H14BF3N.K/c1-3-9-4-6-10(7-5-9)15(2)8-11(12,13)14;/h4-7H,3,8H2,1-2H3;/q-1;+1. The van der Waals surface area contributed by atoms with Gasteiger partial charge in [-0.25, -0.2) is 0 Å². The van der Waals surface area contributed by atoms with Crippen LogP contribution in [-0.4, -0.2) is 20.5 Å². The van der Waals surface area contributed by atoms with Crippen LogP contribution in [0.25, 0.3) is 0 Å². The molecule has 0 aliphatic heterocycles. The zero-order valence-corrected chi connectivity index (χ0v) is 13.0. The molecule has 1 aromatic rings. The van der Waals surface area contributed by atoms with Gasteiger partial charge < -0.3 is 17.8 Å². The summed E-state index contributed by atoms with van der Waals surface area (Å²) < 4.78 is 36.5. The van der Waals surface area contributed by atoms with Crippen LogP contribution in [-0.2, 0) is 6.42 Å². The smallest absolute Gasteiger partial charge is 0.448 e. The molecule has 0 saturated heterocycles. The minimum atomic E-state index is -4.76. The van der Waals surface area contributed by atoms with Crippen molar-refractivity contribution in [1.29, 1.82) is 0 Å². The van der Waals surface area contributed by atoms with E-state index in [0.717, 1.165) is 12.0 Å². The summed E-state index contributed by atoms with van der Waals surface area (Å²) in [5, 5.41) is 0. The normalized spacial score (nSPS) is 10.8. The van der Waals surface area contributed by atoms with E-state index in [4.69, 9.17) is 0 Å². The molecular formula is C10H14BF3KN. The molecule has 0 N–H and O–H groups in total. The van der Waals surface area contributed by atoms with Crippen molar-refractivity contribution < 1.29 is 64.3 Å². The zero-order valence-electron chi connectivity index (χ0n) is 9.88. The first kappa shape index (κ1) is 16.5. The average Bonchev–Trinajstić information content (AvgIpc) is 2.15. The molecule has 0 amide bonds. The van der Waals surface area contributed by atoms with Crippen LogP contribution in [0.3, 0.4) is 0 Å². The van der Waals surface area contributed by atoms with Crippen LogP contribution in [0.5, 0.6) is 0 Å². The zero-order chi connectivity index (χ0) is 11.5. The van der Waals surface area contributed by atoms with Crippen LogP contribution in [0.4, 0.5) is 18.6 Å². The van der Waals surface area contributed by atoms with Gasteiger partial charge in [0, 0.05) is 12.7 Å². The van der Waals surface area contributed by atoms with E-state index < -0.39 is 13.4 Å². The van der Waals surface area contributed by atoms with Crippen molar-refractivity contribution in [3.05, 3.63) is 29.8 Å². The fraction of sp³-hybridized carbons (Fsp3) is 0.400. The van der Waals surface area contributed by atoms with Crippen LogP contribution >= 0.6 is 0 Å². The first-order valence-corrected chi connectivity index (χ1v) is 4.93. The summed E-state index contributed by atoms with van der Waals surface area (Å²) in [5.41, 5.74) is 1.73. The number of hydrogen-bond acceptors (Lipinski definition) is 1. The van der Waals surface area contributed by atoms with Crippen molar-refractivity contribution >= 4 is 12.7 Å². The van der Waals surface area contributed by atoms with Crippen LogP contribution < -0.4 is 56.3 Å². The molecule has 6 heteroatoms. The summed E-state index contributed by atoms with van der Waals surface area (Å²) in [6.07, 6.45) is 0.0404. The topological polar surface area (TPSA) is 3.24 Å². The van der Waals surface area contributed by atoms with Crippen LogP contribution in [0.15, 0.2) is 24.3 Å². The Morgan fingerprint density at radius 1 is 1.12 bits per heavy atom. The van der Waals surface area contributed by atoms with Crippen molar-refractivity contribution in [2.24, 2.45) is 0 Å². The maximum absolute atomic E-state index is 12.2. The van der Waals surface area contributed by atoms with E-state index in [2.05, 4.69) is 0 Å². The Balaban J connectivity index is 0.00000225. The predicted molar refractivity (Wildman–Crippen MR) is 58.2 cm³/mol. The van der Waals surface area contributed by atoms with E-state index in [1.165, 1.54) is 11.9 Å². The molecular weight excluding hydrogens is 241 g/mol. The molecule has 0 heterocycles. The third-order valence-corrected chi connectivity index (χ3v) is 2.27. The van der Waals surface area contributed by atoms with Gasteiger partial charge in [-0.2, -0.15) is 0 Å². The molecule has 0 atom stereocenters. The van der Waals surface area contributed by atoms with Crippen LogP contribution in [0, 0.1) is 0 Å². The number of anilines is 1. The van der Waals surface area contributed by atoms with Crippen molar-refractivity contribution in [2.45, 2.75) is 13.3 Å². The van der Waals surface area contributed by atoms with Crippen molar-refractivity contribution in [2.75, 3.05) is 18.4 Å². The van der Waals surface area contributed by atoms with Gasteiger partial charge in [0.25, 0.3) is 0 Å². The largest absolute Gasteiger partial charge is 1.00 e. The van der Waals surface area contributed by atoms with E-state index >= 15 is 0 Å². The van der Waals surface area contributed by atoms with Gasteiger partial charge in [0.05, 0.1) is 0 Å². The molecule has 0 bridgehead atoms. The van der Waals surface area contributed by atoms with E-state index in [0.29, 0.717) is 5.69 Å². The Morgan fingerprint density at radius 3 is 2.00 bits per heavy atom. The molecule has 0 fully saturated rings. The average molecular weight is 255 g/mol. The minimum Gasteiger partial charge on any atom is -0.448 e. The number of nitrogens with zero attached hydrogens (tertiary/aromatic N) is 1.